The van der Waals surface area contributed by atoms with Crippen LogP contribution in [0.15, 0.2) is 36.7 Å². The van der Waals surface area contributed by atoms with E-state index in [1.54, 1.807) is 12.3 Å². The zero-order valence-corrected chi connectivity index (χ0v) is 15.8. The molecule has 1 aliphatic rings. The fraction of sp³-hybridized carbons (Fsp3) is 0.333. The van der Waals surface area contributed by atoms with Gasteiger partial charge in [0.15, 0.2) is 11.6 Å². The number of aryl methyl sites for hydroxylation is 2. The van der Waals surface area contributed by atoms with E-state index in [0.717, 1.165) is 36.9 Å². The van der Waals surface area contributed by atoms with Gasteiger partial charge in [-0.2, -0.15) is 5.10 Å². The third kappa shape index (κ3) is 3.78. The molecule has 6 nitrogen and oxygen atoms in total. The van der Waals surface area contributed by atoms with Crippen molar-refractivity contribution >= 4 is 5.82 Å². The van der Waals surface area contributed by atoms with Crippen molar-refractivity contribution in [1.82, 2.24) is 14.8 Å². The number of halogens is 1. The molecule has 1 aromatic carbocycles. The van der Waals surface area contributed by atoms with Crippen molar-refractivity contribution < 1.29 is 13.9 Å². The Morgan fingerprint density at radius 1 is 1.04 bits per heavy atom. The highest BCUT2D eigenvalue weighted by atomic mass is 19.1. The first-order chi connectivity index (χ1) is 13.6. The molecular formula is C21H23FN4O2. The van der Waals surface area contributed by atoms with Crippen molar-refractivity contribution in [1.29, 1.82) is 0 Å². The number of anilines is 1. The Morgan fingerprint density at radius 3 is 2.82 bits per heavy atom. The molecule has 0 saturated carbocycles. The fourth-order valence-corrected chi connectivity index (χ4v) is 3.47. The molecule has 0 fully saturated rings. The summed E-state index contributed by atoms with van der Waals surface area (Å²) in [6, 6.07) is 6.33. The number of nitrogen functional groups attached to an aromatic ring is 1. The highest BCUT2D eigenvalue weighted by molar-refractivity contribution is 5.67. The van der Waals surface area contributed by atoms with Gasteiger partial charge in [0.2, 0.25) is 0 Å². The Labute approximate surface area is 163 Å². The number of hydrogen-bond donors (Lipinski definition) is 1. The Morgan fingerprint density at radius 2 is 1.93 bits per heavy atom. The average Bonchev–Trinajstić information content (AvgIpc) is 3.05. The van der Waals surface area contributed by atoms with Crippen molar-refractivity contribution in [3.8, 4) is 22.8 Å². The fourth-order valence-electron chi connectivity index (χ4n) is 3.47. The Kier molecular flexibility index (Phi) is 5.14. The van der Waals surface area contributed by atoms with Gasteiger partial charge in [0.05, 0.1) is 18.5 Å². The Bertz CT molecular complexity index is 987. The number of fused-ring (bicyclic) bond motifs is 5. The largest absolute Gasteiger partial charge is 0.493 e. The third-order valence-electron chi connectivity index (χ3n) is 4.92. The molecule has 1 aliphatic heterocycles. The maximum absolute atomic E-state index is 13.7. The van der Waals surface area contributed by atoms with Crippen molar-refractivity contribution in [3.05, 3.63) is 53.6 Å². The lowest BCUT2D eigenvalue weighted by Crippen LogP contribution is -2.05. The monoisotopic (exact) mass is 382 g/mol. The number of nitrogens with zero attached hydrogens (tertiary/aromatic N) is 3. The molecule has 0 saturated heterocycles. The number of rotatable bonds is 0. The van der Waals surface area contributed by atoms with E-state index in [1.807, 2.05) is 24.0 Å². The van der Waals surface area contributed by atoms with Gasteiger partial charge in [-0.15, -0.1) is 0 Å². The van der Waals surface area contributed by atoms with E-state index in [-0.39, 0.29) is 18.2 Å². The maximum Gasteiger partial charge on any atom is 0.166 e. The molecule has 2 bridgehead atoms. The van der Waals surface area contributed by atoms with Crippen LogP contribution in [0.1, 0.15) is 30.4 Å². The van der Waals surface area contributed by atoms with Gasteiger partial charge in [0.25, 0.3) is 0 Å². The topological polar surface area (TPSA) is 75.2 Å². The van der Waals surface area contributed by atoms with Crippen LogP contribution >= 0.6 is 0 Å². The lowest BCUT2D eigenvalue weighted by Gasteiger charge is -2.14. The van der Waals surface area contributed by atoms with E-state index >= 15 is 0 Å². The van der Waals surface area contributed by atoms with Crippen LogP contribution < -0.4 is 15.2 Å². The summed E-state index contributed by atoms with van der Waals surface area (Å²) in [4.78, 5) is 4.29. The van der Waals surface area contributed by atoms with Gasteiger partial charge >= 0.3 is 0 Å². The second kappa shape index (κ2) is 7.88. The number of benzene rings is 1. The van der Waals surface area contributed by atoms with E-state index < -0.39 is 0 Å². The first kappa shape index (κ1) is 18.3. The van der Waals surface area contributed by atoms with Crippen molar-refractivity contribution in [2.45, 2.75) is 32.3 Å². The van der Waals surface area contributed by atoms with Gasteiger partial charge in [0.1, 0.15) is 18.2 Å². The Balaban J connectivity index is 1.72. The standard InChI is InChI=1S/C21H23FN4O2/c1-26-20-14(12-25-26)5-3-2-4-8-27-18-7-6-17(22)9-16(18)13-28-19-10-15(20)11-24-21(19)23/h6-7,9-12H,2-5,8,13H2,1H3,(H2,23,24). The summed E-state index contributed by atoms with van der Waals surface area (Å²) in [5.41, 5.74) is 9.72. The van der Waals surface area contributed by atoms with Gasteiger partial charge < -0.3 is 15.2 Å². The summed E-state index contributed by atoms with van der Waals surface area (Å²) in [7, 11) is 1.91. The number of ether oxygens (including phenoxy) is 2. The highest BCUT2D eigenvalue weighted by Crippen LogP contribution is 2.31. The highest BCUT2D eigenvalue weighted by Gasteiger charge is 2.15. The molecule has 3 aromatic rings. The summed E-state index contributed by atoms with van der Waals surface area (Å²) >= 11 is 0. The van der Waals surface area contributed by atoms with Gasteiger partial charge in [-0.05, 0) is 55.5 Å². The van der Waals surface area contributed by atoms with Gasteiger partial charge in [-0.25, -0.2) is 9.37 Å². The molecule has 28 heavy (non-hydrogen) atoms. The summed E-state index contributed by atoms with van der Waals surface area (Å²) in [6.45, 7) is 0.719. The van der Waals surface area contributed by atoms with E-state index in [4.69, 9.17) is 15.2 Å². The molecule has 2 N–H and O–H groups in total. The second-order valence-corrected chi connectivity index (χ2v) is 6.95. The van der Waals surface area contributed by atoms with Crippen LogP contribution in [0.5, 0.6) is 11.5 Å². The average molecular weight is 382 g/mol. The zero-order valence-electron chi connectivity index (χ0n) is 15.8. The number of pyridine rings is 1. The molecule has 0 spiro atoms. The van der Waals surface area contributed by atoms with Crippen LogP contribution in [0, 0.1) is 5.82 Å². The lowest BCUT2D eigenvalue weighted by atomic mass is 10.0. The smallest absolute Gasteiger partial charge is 0.166 e. The van der Waals surface area contributed by atoms with Crippen LogP contribution in [0.4, 0.5) is 10.2 Å². The first-order valence-electron chi connectivity index (χ1n) is 9.42. The molecule has 146 valence electrons. The predicted octanol–water partition coefficient (Wildman–Crippen LogP) is 3.89. The molecular weight excluding hydrogens is 359 g/mol. The van der Waals surface area contributed by atoms with E-state index in [0.29, 0.717) is 23.7 Å². The quantitative estimate of drug-likeness (QED) is 0.638. The summed E-state index contributed by atoms with van der Waals surface area (Å²) in [5.74, 6) is 1.04. The minimum Gasteiger partial charge on any atom is -0.493 e. The zero-order chi connectivity index (χ0) is 19.5. The molecule has 0 atom stereocenters. The van der Waals surface area contributed by atoms with Crippen LogP contribution in [0.25, 0.3) is 11.3 Å². The van der Waals surface area contributed by atoms with Crippen molar-refractivity contribution in [2.75, 3.05) is 12.3 Å². The molecule has 0 amide bonds. The second-order valence-electron chi connectivity index (χ2n) is 6.95. The molecule has 2 aromatic heterocycles. The molecule has 7 heteroatoms. The van der Waals surface area contributed by atoms with Crippen LogP contribution in [-0.4, -0.2) is 21.4 Å². The Hall–Kier alpha value is -3.09. The lowest BCUT2D eigenvalue weighted by molar-refractivity contribution is 0.274. The minimum absolute atomic E-state index is 0.140. The van der Waals surface area contributed by atoms with Crippen LogP contribution in [0.3, 0.4) is 0 Å². The summed E-state index contributed by atoms with van der Waals surface area (Å²) in [6.07, 6.45) is 7.55. The molecule has 0 radical (unpaired) electrons. The maximum atomic E-state index is 13.7. The molecule has 0 aliphatic carbocycles. The normalized spacial score (nSPS) is 14.6. The van der Waals surface area contributed by atoms with E-state index in [2.05, 4.69) is 10.1 Å². The van der Waals surface area contributed by atoms with Crippen LogP contribution in [-0.2, 0) is 20.1 Å². The third-order valence-corrected chi connectivity index (χ3v) is 4.92. The molecule has 4 rings (SSSR count). The summed E-state index contributed by atoms with van der Waals surface area (Å²) < 4.78 is 27.4. The number of hydrogen-bond acceptors (Lipinski definition) is 5. The SMILES string of the molecule is Cn1ncc2c1-c1cnc(N)c(c1)OCc1cc(F)ccc1OCCCCC2. The predicted molar refractivity (Wildman–Crippen MR) is 105 cm³/mol. The molecule has 0 unspecified atom stereocenters. The van der Waals surface area contributed by atoms with E-state index in [1.165, 1.54) is 17.7 Å². The van der Waals surface area contributed by atoms with Gasteiger partial charge in [-0.1, -0.05) is 0 Å². The first-order valence-corrected chi connectivity index (χ1v) is 9.42. The van der Waals surface area contributed by atoms with Crippen molar-refractivity contribution in [2.24, 2.45) is 7.05 Å². The number of aromatic nitrogens is 3. The number of nitrogens with two attached hydrogens (primary N) is 1. The van der Waals surface area contributed by atoms with Gasteiger partial charge in [0, 0.05) is 24.4 Å². The van der Waals surface area contributed by atoms with Crippen LogP contribution in [0.2, 0.25) is 0 Å². The minimum atomic E-state index is -0.330. The van der Waals surface area contributed by atoms with Gasteiger partial charge in [-0.3, -0.25) is 4.68 Å². The van der Waals surface area contributed by atoms with E-state index in [9.17, 15) is 4.39 Å². The van der Waals surface area contributed by atoms with Crippen molar-refractivity contribution in [3.63, 3.8) is 0 Å². The molecule has 3 heterocycles. The summed E-state index contributed by atoms with van der Waals surface area (Å²) in [5, 5.41) is 4.41.